The van der Waals surface area contributed by atoms with Crippen molar-refractivity contribution in [3.63, 3.8) is 0 Å². The van der Waals surface area contributed by atoms with Crippen molar-refractivity contribution in [2.75, 3.05) is 11.9 Å². The van der Waals surface area contributed by atoms with Gasteiger partial charge in [-0.3, -0.25) is 9.78 Å². The molecule has 3 heterocycles. The van der Waals surface area contributed by atoms with Gasteiger partial charge in [0.2, 0.25) is 5.88 Å². The van der Waals surface area contributed by atoms with Crippen LogP contribution in [0.1, 0.15) is 11.3 Å². The fourth-order valence-electron chi connectivity index (χ4n) is 1.94. The van der Waals surface area contributed by atoms with Gasteiger partial charge in [0.15, 0.2) is 0 Å². The molecule has 1 aliphatic heterocycles. The van der Waals surface area contributed by atoms with E-state index < -0.39 is 11.2 Å². The Labute approximate surface area is 106 Å². The summed E-state index contributed by atoms with van der Waals surface area (Å²) in [5.41, 5.74) is 0.437. The number of H-pyrrole nitrogens is 2. The maximum Gasteiger partial charge on any atom is 0.325 e. The molecule has 8 heteroatoms. The molecule has 1 aliphatic rings. The number of ether oxygens (including phenoxy) is 1. The Bertz CT molecular complexity index is 693. The van der Waals surface area contributed by atoms with Crippen molar-refractivity contribution in [1.82, 2.24) is 19.9 Å². The molecule has 0 bridgehead atoms. The molecular formula is C11H11N5O3. The number of hydrogen-bond donors (Lipinski definition) is 3. The van der Waals surface area contributed by atoms with E-state index in [2.05, 4.69) is 25.3 Å². The number of fused-ring (bicyclic) bond motifs is 1. The van der Waals surface area contributed by atoms with E-state index in [9.17, 15) is 9.59 Å². The van der Waals surface area contributed by atoms with Crippen molar-refractivity contribution >= 4 is 5.82 Å². The monoisotopic (exact) mass is 261 g/mol. The van der Waals surface area contributed by atoms with Gasteiger partial charge in [-0.15, -0.1) is 0 Å². The standard InChI is InChI=1S/C11H11N5O3/c17-8-3-6(15-11(18)16-8)4-12-9-7-1-2-19-10(7)14-5-13-9/h3,5H,1-2,4H2,(H,12,13,14)(H2,15,16,17,18). The van der Waals surface area contributed by atoms with E-state index in [0.717, 1.165) is 12.0 Å². The molecule has 19 heavy (non-hydrogen) atoms. The summed E-state index contributed by atoms with van der Waals surface area (Å²) in [6.45, 7) is 0.882. The summed E-state index contributed by atoms with van der Waals surface area (Å²) in [4.78, 5) is 35.1. The molecule has 0 atom stereocenters. The molecule has 0 aliphatic carbocycles. The van der Waals surface area contributed by atoms with Crippen LogP contribution in [0.4, 0.5) is 5.82 Å². The van der Waals surface area contributed by atoms with Crippen LogP contribution in [0.25, 0.3) is 0 Å². The van der Waals surface area contributed by atoms with Crippen LogP contribution in [0, 0.1) is 0 Å². The second kappa shape index (κ2) is 4.56. The highest BCUT2D eigenvalue weighted by Crippen LogP contribution is 2.27. The van der Waals surface area contributed by atoms with Gasteiger partial charge in [-0.2, -0.15) is 0 Å². The van der Waals surface area contributed by atoms with Crippen LogP contribution in [0.2, 0.25) is 0 Å². The minimum Gasteiger partial charge on any atom is -0.477 e. The number of aromatic amines is 2. The lowest BCUT2D eigenvalue weighted by Crippen LogP contribution is -2.24. The summed E-state index contributed by atoms with van der Waals surface area (Å²) in [7, 11) is 0. The van der Waals surface area contributed by atoms with Gasteiger partial charge >= 0.3 is 5.69 Å². The summed E-state index contributed by atoms with van der Waals surface area (Å²) < 4.78 is 5.33. The third-order valence-electron chi connectivity index (χ3n) is 2.76. The summed E-state index contributed by atoms with van der Waals surface area (Å²) >= 11 is 0. The fraction of sp³-hybridized carbons (Fsp3) is 0.273. The van der Waals surface area contributed by atoms with Crippen molar-refractivity contribution < 1.29 is 4.74 Å². The largest absolute Gasteiger partial charge is 0.477 e. The Morgan fingerprint density at radius 1 is 1.32 bits per heavy atom. The van der Waals surface area contributed by atoms with Gasteiger partial charge in [0, 0.05) is 18.2 Å². The Morgan fingerprint density at radius 2 is 2.21 bits per heavy atom. The Balaban J connectivity index is 1.81. The molecule has 0 aromatic carbocycles. The van der Waals surface area contributed by atoms with Gasteiger partial charge < -0.3 is 15.0 Å². The predicted molar refractivity (Wildman–Crippen MR) is 66.2 cm³/mol. The summed E-state index contributed by atoms with van der Waals surface area (Å²) in [6.07, 6.45) is 2.15. The Hall–Kier alpha value is -2.64. The van der Waals surface area contributed by atoms with Crippen molar-refractivity contribution in [3.05, 3.63) is 44.5 Å². The molecule has 0 radical (unpaired) electrons. The van der Waals surface area contributed by atoms with Crippen LogP contribution in [-0.4, -0.2) is 26.5 Å². The van der Waals surface area contributed by atoms with E-state index in [-0.39, 0.29) is 0 Å². The van der Waals surface area contributed by atoms with Crippen LogP contribution >= 0.6 is 0 Å². The van der Waals surface area contributed by atoms with E-state index in [4.69, 9.17) is 4.74 Å². The highest BCUT2D eigenvalue weighted by atomic mass is 16.5. The SMILES string of the molecule is O=c1cc(CNc2ncnc3c2CCO3)[nH]c(=O)[nH]1. The van der Waals surface area contributed by atoms with Crippen LogP contribution in [0.3, 0.4) is 0 Å². The molecule has 0 amide bonds. The fourth-order valence-corrected chi connectivity index (χ4v) is 1.94. The molecule has 0 spiro atoms. The second-order valence-electron chi connectivity index (χ2n) is 4.07. The molecule has 0 fully saturated rings. The van der Waals surface area contributed by atoms with Crippen molar-refractivity contribution in [2.24, 2.45) is 0 Å². The molecule has 2 aromatic rings. The van der Waals surface area contributed by atoms with Gasteiger partial charge in [0.1, 0.15) is 12.1 Å². The smallest absolute Gasteiger partial charge is 0.325 e. The van der Waals surface area contributed by atoms with Gasteiger partial charge in [-0.05, 0) is 0 Å². The topological polar surface area (TPSA) is 113 Å². The number of hydrogen-bond acceptors (Lipinski definition) is 6. The molecule has 98 valence electrons. The van der Waals surface area contributed by atoms with Crippen LogP contribution in [0.15, 0.2) is 22.0 Å². The quantitative estimate of drug-likeness (QED) is 0.680. The zero-order valence-corrected chi connectivity index (χ0v) is 9.90. The van der Waals surface area contributed by atoms with Crippen molar-refractivity contribution in [1.29, 1.82) is 0 Å². The highest BCUT2D eigenvalue weighted by molar-refractivity contribution is 5.50. The normalized spacial score (nSPS) is 12.8. The average Bonchev–Trinajstić information content (AvgIpc) is 2.83. The van der Waals surface area contributed by atoms with Gasteiger partial charge in [0.05, 0.1) is 18.7 Å². The molecular weight excluding hydrogens is 250 g/mol. The van der Waals surface area contributed by atoms with E-state index in [1.54, 1.807) is 0 Å². The number of anilines is 1. The summed E-state index contributed by atoms with van der Waals surface area (Å²) in [5, 5.41) is 3.06. The molecule has 3 N–H and O–H groups in total. The van der Waals surface area contributed by atoms with E-state index >= 15 is 0 Å². The number of rotatable bonds is 3. The minimum atomic E-state index is -0.527. The number of nitrogens with one attached hydrogen (secondary N) is 3. The highest BCUT2D eigenvalue weighted by Gasteiger charge is 2.18. The van der Waals surface area contributed by atoms with Crippen LogP contribution < -0.4 is 21.3 Å². The number of nitrogens with zero attached hydrogens (tertiary/aromatic N) is 2. The second-order valence-corrected chi connectivity index (χ2v) is 4.07. The average molecular weight is 261 g/mol. The summed E-state index contributed by atoms with van der Waals surface area (Å²) in [5.74, 6) is 1.24. The van der Waals surface area contributed by atoms with E-state index in [1.807, 2.05) is 0 Å². The molecule has 0 saturated carbocycles. The molecule has 0 unspecified atom stereocenters. The molecule has 0 saturated heterocycles. The minimum absolute atomic E-state index is 0.294. The van der Waals surface area contributed by atoms with Crippen LogP contribution in [-0.2, 0) is 13.0 Å². The van der Waals surface area contributed by atoms with Gasteiger partial charge in [-0.1, -0.05) is 0 Å². The van der Waals surface area contributed by atoms with E-state index in [1.165, 1.54) is 12.4 Å². The first-order valence-electron chi connectivity index (χ1n) is 5.75. The molecule has 3 rings (SSSR count). The van der Waals surface area contributed by atoms with Crippen molar-refractivity contribution in [3.8, 4) is 5.88 Å². The maximum atomic E-state index is 11.2. The van der Waals surface area contributed by atoms with E-state index in [0.29, 0.717) is 30.5 Å². The lowest BCUT2D eigenvalue weighted by molar-refractivity contribution is 0.344. The lowest BCUT2D eigenvalue weighted by Gasteiger charge is -2.07. The van der Waals surface area contributed by atoms with Crippen LogP contribution in [0.5, 0.6) is 5.88 Å². The number of aromatic nitrogens is 4. The van der Waals surface area contributed by atoms with Gasteiger partial charge in [0.25, 0.3) is 5.56 Å². The first-order chi connectivity index (χ1) is 9.22. The Kier molecular flexibility index (Phi) is 2.75. The molecule has 8 nitrogen and oxygen atoms in total. The third kappa shape index (κ3) is 2.32. The zero-order chi connectivity index (χ0) is 13.2. The Morgan fingerprint density at radius 3 is 3.05 bits per heavy atom. The maximum absolute atomic E-state index is 11.2. The van der Waals surface area contributed by atoms with Crippen molar-refractivity contribution in [2.45, 2.75) is 13.0 Å². The first-order valence-corrected chi connectivity index (χ1v) is 5.75. The summed E-state index contributed by atoms with van der Waals surface area (Å²) in [6, 6.07) is 1.33. The zero-order valence-electron chi connectivity index (χ0n) is 9.90. The van der Waals surface area contributed by atoms with Gasteiger partial charge in [-0.25, -0.2) is 14.8 Å². The predicted octanol–water partition coefficient (Wildman–Crippen LogP) is -0.600. The molecule has 2 aromatic heterocycles. The lowest BCUT2D eigenvalue weighted by atomic mass is 10.2. The third-order valence-corrected chi connectivity index (χ3v) is 2.76. The first kappa shape index (κ1) is 11.5.